The molecule has 0 spiro atoms. The molecule has 98 valence electrons. The Morgan fingerprint density at radius 3 is 2.58 bits per heavy atom. The topological polar surface area (TPSA) is 59.1 Å². The van der Waals surface area contributed by atoms with Gasteiger partial charge in [-0.25, -0.2) is 0 Å². The van der Waals surface area contributed by atoms with Crippen molar-refractivity contribution in [1.82, 2.24) is 0 Å². The number of nitrogen functional groups attached to an aromatic ring is 1. The van der Waals surface area contributed by atoms with E-state index in [2.05, 4.69) is 15.9 Å². The van der Waals surface area contributed by atoms with Crippen molar-refractivity contribution in [2.75, 3.05) is 0 Å². The number of amidine groups is 1. The van der Waals surface area contributed by atoms with E-state index in [1.165, 1.54) is 0 Å². The van der Waals surface area contributed by atoms with Crippen LogP contribution in [0.15, 0.2) is 40.9 Å². The molecule has 2 aromatic rings. The second-order valence-corrected chi connectivity index (χ2v) is 5.39. The van der Waals surface area contributed by atoms with Crippen LogP contribution in [0.4, 0.5) is 0 Å². The van der Waals surface area contributed by atoms with Gasteiger partial charge in [0.2, 0.25) is 0 Å². The Hall–Kier alpha value is -1.52. The summed E-state index contributed by atoms with van der Waals surface area (Å²) in [5.41, 5.74) is 7.06. The molecular weight excluding hydrogens is 328 g/mol. The van der Waals surface area contributed by atoms with E-state index in [1.54, 1.807) is 24.3 Å². The first-order chi connectivity index (χ1) is 8.97. The zero-order valence-electron chi connectivity index (χ0n) is 10.2. The van der Waals surface area contributed by atoms with Crippen molar-refractivity contribution in [3.63, 3.8) is 0 Å². The predicted octanol–water partition coefficient (Wildman–Crippen LogP) is 4.49. The highest BCUT2D eigenvalue weighted by Gasteiger charge is 2.07. The van der Waals surface area contributed by atoms with E-state index in [0.717, 1.165) is 10.0 Å². The fraction of sp³-hybridized carbons (Fsp3) is 0.0714. The molecule has 0 unspecified atom stereocenters. The molecule has 0 saturated heterocycles. The number of halogens is 2. The van der Waals surface area contributed by atoms with Crippen LogP contribution in [0.2, 0.25) is 5.02 Å². The van der Waals surface area contributed by atoms with Crippen molar-refractivity contribution < 1.29 is 4.74 Å². The SMILES string of the molecule is Cc1cc(Oc2ccc(Br)cc2Cl)ccc1C(=N)N. The highest BCUT2D eigenvalue weighted by Crippen LogP contribution is 2.32. The third-order valence-corrected chi connectivity index (χ3v) is 3.40. The van der Waals surface area contributed by atoms with Gasteiger partial charge in [-0.2, -0.15) is 0 Å². The van der Waals surface area contributed by atoms with Gasteiger partial charge >= 0.3 is 0 Å². The van der Waals surface area contributed by atoms with Gasteiger partial charge in [0, 0.05) is 10.0 Å². The fourth-order valence-electron chi connectivity index (χ4n) is 1.69. The standard InChI is InChI=1S/C14H12BrClN2O/c1-8-6-10(3-4-11(8)14(17)18)19-13-5-2-9(15)7-12(13)16/h2-7H,1H3,(H3,17,18). The molecule has 0 fully saturated rings. The number of rotatable bonds is 3. The number of ether oxygens (including phenoxy) is 1. The minimum absolute atomic E-state index is 0.0470. The van der Waals surface area contributed by atoms with Crippen LogP contribution in [0.25, 0.3) is 0 Å². The lowest BCUT2D eigenvalue weighted by Crippen LogP contribution is -2.12. The molecule has 0 radical (unpaired) electrons. The zero-order valence-corrected chi connectivity index (χ0v) is 12.5. The van der Waals surface area contributed by atoms with Crippen molar-refractivity contribution in [2.45, 2.75) is 6.92 Å². The molecule has 0 atom stereocenters. The number of nitrogens with two attached hydrogens (primary N) is 1. The predicted molar refractivity (Wildman–Crippen MR) is 81.4 cm³/mol. The molecule has 19 heavy (non-hydrogen) atoms. The van der Waals surface area contributed by atoms with Crippen molar-refractivity contribution in [3.05, 3.63) is 57.0 Å². The summed E-state index contributed by atoms with van der Waals surface area (Å²) in [6.45, 7) is 1.88. The molecule has 0 aliphatic rings. The molecule has 2 rings (SSSR count). The van der Waals surface area contributed by atoms with Crippen LogP contribution >= 0.6 is 27.5 Å². The first-order valence-electron chi connectivity index (χ1n) is 5.55. The van der Waals surface area contributed by atoms with E-state index in [9.17, 15) is 0 Å². The maximum Gasteiger partial charge on any atom is 0.146 e. The smallest absolute Gasteiger partial charge is 0.146 e. The monoisotopic (exact) mass is 338 g/mol. The van der Waals surface area contributed by atoms with Crippen LogP contribution in [-0.4, -0.2) is 5.84 Å². The van der Waals surface area contributed by atoms with Crippen molar-refractivity contribution in [2.24, 2.45) is 5.73 Å². The number of aryl methyl sites for hydroxylation is 1. The fourth-order valence-corrected chi connectivity index (χ4v) is 2.40. The summed E-state index contributed by atoms with van der Waals surface area (Å²) in [4.78, 5) is 0. The Morgan fingerprint density at radius 1 is 1.26 bits per heavy atom. The molecule has 0 heterocycles. The normalized spacial score (nSPS) is 10.3. The lowest BCUT2D eigenvalue weighted by atomic mass is 10.1. The second-order valence-electron chi connectivity index (χ2n) is 4.07. The minimum Gasteiger partial charge on any atom is -0.456 e. The third kappa shape index (κ3) is 3.28. The lowest BCUT2D eigenvalue weighted by Gasteiger charge is -2.10. The van der Waals surface area contributed by atoms with E-state index >= 15 is 0 Å². The van der Waals surface area contributed by atoms with E-state index in [0.29, 0.717) is 22.1 Å². The Bertz CT molecular complexity index is 643. The molecule has 3 nitrogen and oxygen atoms in total. The highest BCUT2D eigenvalue weighted by molar-refractivity contribution is 9.10. The number of hydrogen-bond acceptors (Lipinski definition) is 2. The highest BCUT2D eigenvalue weighted by atomic mass is 79.9. The summed E-state index contributed by atoms with van der Waals surface area (Å²) in [5, 5.41) is 7.97. The molecule has 0 saturated carbocycles. The van der Waals surface area contributed by atoms with Gasteiger partial charge in [-0.15, -0.1) is 0 Å². The van der Waals surface area contributed by atoms with Gasteiger partial charge in [-0.05, 0) is 48.9 Å². The van der Waals surface area contributed by atoms with Crippen LogP contribution < -0.4 is 10.5 Å². The molecule has 0 bridgehead atoms. The van der Waals surface area contributed by atoms with E-state index in [-0.39, 0.29) is 5.84 Å². The Balaban J connectivity index is 2.29. The van der Waals surface area contributed by atoms with Crippen molar-refractivity contribution in [3.8, 4) is 11.5 Å². The van der Waals surface area contributed by atoms with Gasteiger partial charge < -0.3 is 10.5 Å². The quantitative estimate of drug-likeness (QED) is 0.639. The second kappa shape index (κ2) is 5.63. The number of hydrogen-bond donors (Lipinski definition) is 2. The van der Waals surface area contributed by atoms with Gasteiger partial charge in [0.25, 0.3) is 0 Å². The summed E-state index contributed by atoms with van der Waals surface area (Å²) >= 11 is 9.43. The number of benzene rings is 2. The summed E-state index contributed by atoms with van der Waals surface area (Å²) in [6, 6.07) is 10.8. The van der Waals surface area contributed by atoms with E-state index < -0.39 is 0 Å². The lowest BCUT2D eigenvalue weighted by molar-refractivity contribution is 0.482. The molecular formula is C14H12BrClN2O. The van der Waals surface area contributed by atoms with Crippen LogP contribution in [0.1, 0.15) is 11.1 Å². The van der Waals surface area contributed by atoms with Gasteiger partial charge in [-0.1, -0.05) is 27.5 Å². The zero-order chi connectivity index (χ0) is 14.0. The average Bonchev–Trinajstić information content (AvgIpc) is 2.32. The molecule has 2 aromatic carbocycles. The Labute approximate surface area is 125 Å². The third-order valence-electron chi connectivity index (χ3n) is 2.61. The molecule has 3 N–H and O–H groups in total. The summed E-state index contributed by atoms with van der Waals surface area (Å²) in [6.07, 6.45) is 0. The van der Waals surface area contributed by atoms with Crippen molar-refractivity contribution in [1.29, 1.82) is 5.41 Å². The van der Waals surface area contributed by atoms with Crippen LogP contribution in [-0.2, 0) is 0 Å². The van der Waals surface area contributed by atoms with Crippen LogP contribution in [0.3, 0.4) is 0 Å². The van der Waals surface area contributed by atoms with Crippen LogP contribution in [0.5, 0.6) is 11.5 Å². The van der Waals surface area contributed by atoms with Gasteiger partial charge in [0.15, 0.2) is 0 Å². The molecule has 0 aliphatic heterocycles. The summed E-state index contributed by atoms with van der Waals surface area (Å²) < 4.78 is 6.61. The summed E-state index contributed by atoms with van der Waals surface area (Å²) in [5.74, 6) is 1.29. The van der Waals surface area contributed by atoms with E-state index in [1.807, 2.05) is 19.1 Å². The molecule has 0 aliphatic carbocycles. The van der Waals surface area contributed by atoms with Gasteiger partial charge in [0.05, 0.1) is 5.02 Å². The van der Waals surface area contributed by atoms with Crippen LogP contribution in [0, 0.1) is 12.3 Å². The van der Waals surface area contributed by atoms with Gasteiger partial charge in [-0.3, -0.25) is 5.41 Å². The maximum absolute atomic E-state index is 7.44. The minimum atomic E-state index is 0.0470. The Kier molecular flexibility index (Phi) is 4.12. The Morgan fingerprint density at radius 2 is 2.00 bits per heavy atom. The van der Waals surface area contributed by atoms with Crippen molar-refractivity contribution >= 4 is 33.4 Å². The largest absolute Gasteiger partial charge is 0.456 e. The molecule has 5 heteroatoms. The van der Waals surface area contributed by atoms with Gasteiger partial charge in [0.1, 0.15) is 17.3 Å². The first kappa shape index (κ1) is 13.9. The molecule has 0 amide bonds. The number of nitrogens with one attached hydrogen (secondary N) is 1. The maximum atomic E-state index is 7.44. The average molecular weight is 340 g/mol. The summed E-state index contributed by atoms with van der Waals surface area (Å²) in [7, 11) is 0. The van der Waals surface area contributed by atoms with E-state index in [4.69, 9.17) is 27.5 Å². The molecule has 0 aromatic heterocycles. The first-order valence-corrected chi connectivity index (χ1v) is 6.72.